The van der Waals surface area contributed by atoms with Gasteiger partial charge >= 0.3 is 0 Å². The summed E-state index contributed by atoms with van der Waals surface area (Å²) in [4.78, 5) is 2.31. The zero-order chi connectivity index (χ0) is 11.1. The molecule has 0 heterocycles. The molecule has 0 fully saturated rings. The standard InChI is InChI=1S/C13H20ClN/c1-3-12-5-7-13(8-6-12)11-15(2)10-4-9-14/h5-8H,3-4,9-11H2,1-2H3. The molecule has 0 amide bonds. The topological polar surface area (TPSA) is 3.24 Å². The van der Waals surface area contributed by atoms with E-state index >= 15 is 0 Å². The van der Waals surface area contributed by atoms with Gasteiger partial charge in [0.1, 0.15) is 0 Å². The van der Waals surface area contributed by atoms with Crippen molar-refractivity contribution in [2.24, 2.45) is 0 Å². The summed E-state index contributed by atoms with van der Waals surface area (Å²) in [6.07, 6.45) is 2.17. The number of aryl methyl sites for hydroxylation is 1. The van der Waals surface area contributed by atoms with Crippen molar-refractivity contribution in [2.75, 3.05) is 19.5 Å². The van der Waals surface area contributed by atoms with E-state index in [0.717, 1.165) is 31.8 Å². The largest absolute Gasteiger partial charge is 0.302 e. The van der Waals surface area contributed by atoms with Crippen LogP contribution in [0.3, 0.4) is 0 Å². The number of hydrogen-bond donors (Lipinski definition) is 0. The van der Waals surface area contributed by atoms with Crippen molar-refractivity contribution in [3.63, 3.8) is 0 Å². The lowest BCUT2D eigenvalue weighted by atomic mass is 10.1. The fourth-order valence-electron chi connectivity index (χ4n) is 1.60. The van der Waals surface area contributed by atoms with E-state index in [1.165, 1.54) is 11.1 Å². The number of hydrogen-bond acceptors (Lipinski definition) is 1. The van der Waals surface area contributed by atoms with E-state index in [2.05, 4.69) is 43.1 Å². The van der Waals surface area contributed by atoms with Crippen LogP contribution in [0, 0.1) is 0 Å². The molecule has 0 saturated carbocycles. The Bertz CT molecular complexity index is 268. The number of rotatable bonds is 6. The average Bonchev–Trinajstić information content (AvgIpc) is 2.27. The third kappa shape index (κ3) is 4.67. The summed E-state index contributed by atoms with van der Waals surface area (Å²) in [6.45, 7) is 4.27. The normalized spacial score (nSPS) is 10.9. The fraction of sp³-hybridized carbons (Fsp3) is 0.538. The van der Waals surface area contributed by atoms with Crippen molar-refractivity contribution in [3.8, 4) is 0 Å². The van der Waals surface area contributed by atoms with Crippen molar-refractivity contribution in [1.29, 1.82) is 0 Å². The molecule has 0 saturated heterocycles. The van der Waals surface area contributed by atoms with Crippen LogP contribution in [0.5, 0.6) is 0 Å². The molecule has 0 aromatic heterocycles. The zero-order valence-corrected chi connectivity index (χ0v) is 10.4. The quantitative estimate of drug-likeness (QED) is 0.672. The second-order valence-corrected chi connectivity index (χ2v) is 4.33. The molecule has 1 nitrogen and oxygen atoms in total. The van der Waals surface area contributed by atoms with Crippen molar-refractivity contribution < 1.29 is 0 Å². The molecule has 84 valence electrons. The first-order valence-electron chi connectivity index (χ1n) is 5.58. The predicted molar refractivity (Wildman–Crippen MR) is 67.5 cm³/mol. The molecule has 0 bridgehead atoms. The van der Waals surface area contributed by atoms with E-state index in [4.69, 9.17) is 11.6 Å². The monoisotopic (exact) mass is 225 g/mol. The minimum absolute atomic E-state index is 0.749. The molecule has 1 aromatic rings. The predicted octanol–water partition coefficient (Wildman–Crippen LogP) is 3.31. The molecule has 0 aliphatic heterocycles. The van der Waals surface area contributed by atoms with E-state index in [1.54, 1.807) is 0 Å². The van der Waals surface area contributed by atoms with E-state index < -0.39 is 0 Å². The molecule has 2 heteroatoms. The third-order valence-corrected chi connectivity index (χ3v) is 2.82. The molecule has 0 spiro atoms. The highest BCUT2D eigenvalue weighted by atomic mass is 35.5. The van der Waals surface area contributed by atoms with Gasteiger partial charge in [-0.1, -0.05) is 31.2 Å². The molecule has 0 aliphatic carbocycles. The Kier molecular flexibility index (Phi) is 5.74. The second-order valence-electron chi connectivity index (χ2n) is 3.95. The van der Waals surface area contributed by atoms with Crippen LogP contribution in [0.4, 0.5) is 0 Å². The minimum Gasteiger partial charge on any atom is -0.302 e. The fourth-order valence-corrected chi connectivity index (χ4v) is 1.72. The Balaban J connectivity index is 2.42. The molecule has 0 N–H and O–H groups in total. The summed E-state index contributed by atoms with van der Waals surface area (Å²) in [5.74, 6) is 0.749. The van der Waals surface area contributed by atoms with Gasteiger partial charge in [-0.25, -0.2) is 0 Å². The number of halogens is 1. The minimum atomic E-state index is 0.749. The van der Waals surface area contributed by atoms with E-state index in [0.29, 0.717) is 0 Å². The number of alkyl halides is 1. The Morgan fingerprint density at radius 3 is 2.27 bits per heavy atom. The van der Waals surface area contributed by atoms with E-state index in [-0.39, 0.29) is 0 Å². The molecule has 0 radical (unpaired) electrons. The lowest BCUT2D eigenvalue weighted by Gasteiger charge is -2.15. The SMILES string of the molecule is CCc1ccc(CN(C)CCCCl)cc1. The first kappa shape index (κ1) is 12.5. The highest BCUT2D eigenvalue weighted by molar-refractivity contribution is 6.17. The van der Waals surface area contributed by atoms with Gasteiger partial charge in [-0.15, -0.1) is 11.6 Å². The molecule has 0 aliphatic rings. The smallest absolute Gasteiger partial charge is 0.0235 e. The van der Waals surface area contributed by atoms with Crippen LogP contribution in [-0.4, -0.2) is 24.4 Å². The van der Waals surface area contributed by atoms with Crippen molar-refractivity contribution in [2.45, 2.75) is 26.3 Å². The van der Waals surface area contributed by atoms with Crippen molar-refractivity contribution in [3.05, 3.63) is 35.4 Å². The van der Waals surface area contributed by atoms with Gasteiger partial charge in [0.15, 0.2) is 0 Å². The number of nitrogens with zero attached hydrogens (tertiary/aromatic N) is 1. The number of benzene rings is 1. The highest BCUT2D eigenvalue weighted by Gasteiger charge is 1.99. The van der Waals surface area contributed by atoms with Crippen LogP contribution in [0.2, 0.25) is 0 Å². The lowest BCUT2D eigenvalue weighted by Crippen LogP contribution is -2.19. The van der Waals surface area contributed by atoms with Crippen LogP contribution in [0.1, 0.15) is 24.5 Å². The molecular weight excluding hydrogens is 206 g/mol. The van der Waals surface area contributed by atoms with Crippen LogP contribution in [-0.2, 0) is 13.0 Å². The summed E-state index contributed by atoms with van der Waals surface area (Å²) < 4.78 is 0. The van der Waals surface area contributed by atoms with E-state index in [9.17, 15) is 0 Å². The summed E-state index contributed by atoms with van der Waals surface area (Å²) in [5, 5.41) is 0. The van der Waals surface area contributed by atoms with Crippen LogP contribution in [0.15, 0.2) is 24.3 Å². The molecule has 1 aromatic carbocycles. The van der Waals surface area contributed by atoms with Gasteiger partial charge in [0.05, 0.1) is 0 Å². The molecule has 15 heavy (non-hydrogen) atoms. The van der Waals surface area contributed by atoms with Crippen molar-refractivity contribution >= 4 is 11.6 Å². The Labute approximate surface area is 98.0 Å². The summed E-state index contributed by atoms with van der Waals surface area (Å²) in [7, 11) is 2.14. The van der Waals surface area contributed by atoms with E-state index in [1.807, 2.05) is 0 Å². The van der Waals surface area contributed by atoms with Gasteiger partial charge in [-0.05, 0) is 37.6 Å². The van der Waals surface area contributed by atoms with Gasteiger partial charge < -0.3 is 4.90 Å². The first-order chi connectivity index (χ1) is 7.26. The Morgan fingerprint density at radius 2 is 1.73 bits per heavy atom. The maximum Gasteiger partial charge on any atom is 0.0235 e. The van der Waals surface area contributed by atoms with Crippen molar-refractivity contribution in [1.82, 2.24) is 4.90 Å². The third-order valence-electron chi connectivity index (χ3n) is 2.56. The Hall–Kier alpha value is -0.530. The molecule has 1 rings (SSSR count). The zero-order valence-electron chi connectivity index (χ0n) is 9.67. The summed E-state index contributed by atoms with van der Waals surface area (Å²) >= 11 is 5.66. The second kappa shape index (κ2) is 6.86. The van der Waals surface area contributed by atoms with Gasteiger partial charge in [-0.2, -0.15) is 0 Å². The van der Waals surface area contributed by atoms with Gasteiger partial charge in [0.25, 0.3) is 0 Å². The maximum atomic E-state index is 5.66. The highest BCUT2D eigenvalue weighted by Crippen LogP contribution is 2.07. The van der Waals surface area contributed by atoms with Gasteiger partial charge in [0, 0.05) is 12.4 Å². The average molecular weight is 226 g/mol. The van der Waals surface area contributed by atoms with Gasteiger partial charge in [0.2, 0.25) is 0 Å². The van der Waals surface area contributed by atoms with Gasteiger partial charge in [-0.3, -0.25) is 0 Å². The van der Waals surface area contributed by atoms with Crippen LogP contribution >= 0.6 is 11.6 Å². The lowest BCUT2D eigenvalue weighted by molar-refractivity contribution is 0.328. The van der Waals surface area contributed by atoms with Crippen LogP contribution in [0.25, 0.3) is 0 Å². The Morgan fingerprint density at radius 1 is 1.13 bits per heavy atom. The molecular formula is C13H20ClN. The summed E-state index contributed by atoms with van der Waals surface area (Å²) in [6, 6.07) is 8.86. The summed E-state index contributed by atoms with van der Waals surface area (Å²) in [5.41, 5.74) is 2.78. The first-order valence-corrected chi connectivity index (χ1v) is 6.12. The maximum absolute atomic E-state index is 5.66. The molecule has 0 atom stereocenters. The van der Waals surface area contributed by atoms with Crippen LogP contribution < -0.4 is 0 Å². The molecule has 0 unspecified atom stereocenters.